The summed E-state index contributed by atoms with van der Waals surface area (Å²) in [6.07, 6.45) is 1.01. The molecule has 100 valence electrons. The summed E-state index contributed by atoms with van der Waals surface area (Å²) in [7, 11) is 1.75. The van der Waals surface area contributed by atoms with Gasteiger partial charge >= 0.3 is 0 Å². The number of H-pyrrole nitrogens is 1. The van der Waals surface area contributed by atoms with Gasteiger partial charge in [-0.2, -0.15) is 0 Å². The molecule has 0 fully saturated rings. The number of nitrogens with one attached hydrogen (secondary N) is 1. The Morgan fingerprint density at radius 2 is 1.95 bits per heavy atom. The quantitative estimate of drug-likeness (QED) is 0.542. The van der Waals surface area contributed by atoms with Crippen LogP contribution in [0.5, 0.6) is 5.75 Å². The highest BCUT2D eigenvalue weighted by Crippen LogP contribution is 2.43. The van der Waals surface area contributed by atoms with E-state index in [1.165, 1.54) is 44.4 Å². The van der Waals surface area contributed by atoms with E-state index in [0.29, 0.717) is 0 Å². The second-order valence-electron chi connectivity index (χ2n) is 5.59. The third-order valence-electron chi connectivity index (χ3n) is 4.43. The summed E-state index contributed by atoms with van der Waals surface area (Å²) < 4.78 is 5.58. The molecule has 4 rings (SSSR count). The maximum atomic E-state index is 5.58. The second kappa shape index (κ2) is 3.89. The summed E-state index contributed by atoms with van der Waals surface area (Å²) >= 11 is 0. The molecule has 1 N–H and O–H groups in total. The number of fused-ring (bicyclic) bond motifs is 5. The van der Waals surface area contributed by atoms with Crippen LogP contribution in [0.2, 0.25) is 0 Å². The minimum Gasteiger partial charge on any atom is -0.496 e. The predicted molar refractivity (Wildman–Crippen MR) is 82.6 cm³/mol. The lowest BCUT2D eigenvalue weighted by Crippen LogP contribution is -1.93. The summed E-state index contributed by atoms with van der Waals surface area (Å²) in [5.41, 5.74) is 9.10. The Morgan fingerprint density at radius 1 is 1.15 bits per heavy atom. The largest absolute Gasteiger partial charge is 0.496 e. The molecule has 1 heterocycles. The maximum absolute atomic E-state index is 5.58. The zero-order valence-electron chi connectivity index (χ0n) is 12.0. The van der Waals surface area contributed by atoms with Gasteiger partial charge in [0, 0.05) is 28.5 Å². The van der Waals surface area contributed by atoms with E-state index < -0.39 is 0 Å². The van der Waals surface area contributed by atoms with E-state index in [1.807, 2.05) is 0 Å². The van der Waals surface area contributed by atoms with Crippen LogP contribution in [0.1, 0.15) is 22.3 Å². The van der Waals surface area contributed by atoms with Gasteiger partial charge < -0.3 is 9.72 Å². The van der Waals surface area contributed by atoms with Gasteiger partial charge in [0.05, 0.1) is 12.8 Å². The summed E-state index contributed by atoms with van der Waals surface area (Å²) in [5.74, 6) is 1.01. The van der Waals surface area contributed by atoms with Crippen LogP contribution in [0.4, 0.5) is 0 Å². The van der Waals surface area contributed by atoms with Crippen LogP contribution < -0.4 is 4.74 Å². The van der Waals surface area contributed by atoms with Crippen molar-refractivity contribution in [3.05, 3.63) is 52.6 Å². The molecule has 2 aromatic carbocycles. The Bertz CT molecular complexity index is 842. The average molecular weight is 263 g/mol. The molecule has 0 saturated carbocycles. The van der Waals surface area contributed by atoms with E-state index >= 15 is 0 Å². The lowest BCUT2D eigenvalue weighted by Gasteiger charge is -2.10. The molecule has 1 aliphatic rings. The number of benzene rings is 2. The van der Waals surface area contributed by atoms with Gasteiger partial charge in [-0.25, -0.2) is 0 Å². The van der Waals surface area contributed by atoms with E-state index in [4.69, 9.17) is 4.74 Å². The molecule has 20 heavy (non-hydrogen) atoms. The highest BCUT2D eigenvalue weighted by Gasteiger charge is 2.24. The van der Waals surface area contributed by atoms with Crippen molar-refractivity contribution in [3.63, 3.8) is 0 Å². The molecule has 2 heteroatoms. The van der Waals surface area contributed by atoms with Crippen LogP contribution in [-0.4, -0.2) is 12.1 Å². The molecule has 0 saturated heterocycles. The van der Waals surface area contributed by atoms with Crippen molar-refractivity contribution in [1.29, 1.82) is 0 Å². The van der Waals surface area contributed by atoms with E-state index in [2.05, 4.69) is 49.2 Å². The number of ether oxygens (including phenoxy) is 1. The number of methoxy groups -OCH3 is 1. The van der Waals surface area contributed by atoms with Gasteiger partial charge in [0.2, 0.25) is 0 Å². The first-order valence-corrected chi connectivity index (χ1v) is 6.97. The van der Waals surface area contributed by atoms with Gasteiger partial charge in [-0.1, -0.05) is 24.3 Å². The average Bonchev–Trinajstić information content (AvgIpc) is 2.94. The molecule has 0 bridgehead atoms. The van der Waals surface area contributed by atoms with E-state index in [1.54, 1.807) is 7.11 Å². The first-order valence-electron chi connectivity index (χ1n) is 6.97. The number of aromatic amines is 1. The molecule has 3 aromatic rings. The zero-order chi connectivity index (χ0) is 13.9. The van der Waals surface area contributed by atoms with Gasteiger partial charge in [0.15, 0.2) is 0 Å². The summed E-state index contributed by atoms with van der Waals surface area (Å²) in [6, 6.07) is 10.8. The van der Waals surface area contributed by atoms with Crippen molar-refractivity contribution < 1.29 is 4.74 Å². The van der Waals surface area contributed by atoms with Gasteiger partial charge in [-0.3, -0.25) is 0 Å². The normalized spacial score (nSPS) is 12.6. The van der Waals surface area contributed by atoms with Gasteiger partial charge in [0.1, 0.15) is 5.75 Å². The minimum absolute atomic E-state index is 1.01. The van der Waals surface area contributed by atoms with Gasteiger partial charge in [0.25, 0.3) is 0 Å². The molecule has 1 aromatic heterocycles. The Hall–Kier alpha value is -2.22. The fraction of sp³-hybridized carbons (Fsp3) is 0.222. The minimum atomic E-state index is 1.01. The van der Waals surface area contributed by atoms with Crippen molar-refractivity contribution in [2.45, 2.75) is 20.3 Å². The summed E-state index contributed by atoms with van der Waals surface area (Å²) in [4.78, 5) is 3.61. The Labute approximate surface area is 118 Å². The van der Waals surface area contributed by atoms with Crippen molar-refractivity contribution in [2.75, 3.05) is 7.11 Å². The molecule has 1 aliphatic carbocycles. The van der Waals surface area contributed by atoms with Gasteiger partial charge in [-0.05, 0) is 36.6 Å². The molecule has 2 nitrogen and oxygen atoms in total. The highest BCUT2D eigenvalue weighted by atomic mass is 16.5. The second-order valence-corrected chi connectivity index (χ2v) is 5.59. The molecule has 0 radical (unpaired) electrons. The van der Waals surface area contributed by atoms with E-state index in [-0.39, 0.29) is 0 Å². The third-order valence-corrected chi connectivity index (χ3v) is 4.43. The van der Waals surface area contributed by atoms with Crippen LogP contribution in [0.15, 0.2) is 30.3 Å². The lowest BCUT2D eigenvalue weighted by molar-refractivity contribution is 0.409. The van der Waals surface area contributed by atoms with E-state index in [0.717, 1.165) is 12.2 Å². The Balaban J connectivity index is 2.09. The highest BCUT2D eigenvalue weighted by molar-refractivity contribution is 5.98. The smallest absolute Gasteiger partial charge is 0.125 e. The number of aryl methyl sites for hydroxylation is 2. The number of rotatable bonds is 1. The molecule has 0 unspecified atom stereocenters. The van der Waals surface area contributed by atoms with Crippen molar-refractivity contribution in [1.82, 2.24) is 4.98 Å². The van der Waals surface area contributed by atoms with Crippen LogP contribution in [0.25, 0.3) is 22.2 Å². The lowest BCUT2D eigenvalue weighted by atomic mass is 10.0. The van der Waals surface area contributed by atoms with E-state index in [9.17, 15) is 0 Å². The molecule has 0 atom stereocenters. The first-order chi connectivity index (χ1) is 9.70. The summed E-state index contributed by atoms with van der Waals surface area (Å²) in [6.45, 7) is 4.26. The van der Waals surface area contributed by atoms with Crippen LogP contribution in [-0.2, 0) is 6.42 Å². The molecular formula is C18H17NO. The fourth-order valence-corrected chi connectivity index (χ4v) is 3.62. The van der Waals surface area contributed by atoms with Crippen LogP contribution in [0, 0.1) is 13.8 Å². The van der Waals surface area contributed by atoms with Crippen LogP contribution in [0.3, 0.4) is 0 Å². The van der Waals surface area contributed by atoms with Crippen molar-refractivity contribution in [2.24, 2.45) is 0 Å². The topological polar surface area (TPSA) is 25.0 Å². The zero-order valence-corrected chi connectivity index (χ0v) is 12.0. The predicted octanol–water partition coefficient (Wildman–Crippen LogP) is 4.36. The number of hydrogen-bond acceptors (Lipinski definition) is 1. The fourth-order valence-electron chi connectivity index (χ4n) is 3.62. The standard InChI is InChI=1S/C18H17NO/c1-10-8-15-16(11(2)18(10)20-3)14-9-12-6-4-5-7-13(12)17(14)19-15/h4-8,19H,9H2,1-3H3. The molecule has 0 spiro atoms. The van der Waals surface area contributed by atoms with Crippen molar-refractivity contribution in [3.8, 4) is 17.0 Å². The molecule has 0 amide bonds. The molecular weight excluding hydrogens is 246 g/mol. The molecule has 0 aliphatic heterocycles. The summed E-state index contributed by atoms with van der Waals surface area (Å²) in [5, 5.41) is 1.33. The van der Waals surface area contributed by atoms with Gasteiger partial charge in [-0.15, -0.1) is 0 Å². The third kappa shape index (κ3) is 1.34. The SMILES string of the molecule is COc1c(C)cc2[nH]c3c(c2c1C)Cc1ccccc1-3. The van der Waals surface area contributed by atoms with Crippen LogP contribution >= 0.6 is 0 Å². The van der Waals surface area contributed by atoms with Crippen molar-refractivity contribution >= 4 is 10.9 Å². The Morgan fingerprint density at radius 3 is 2.75 bits per heavy atom. The number of hydrogen-bond donors (Lipinski definition) is 1. The first kappa shape index (κ1) is 11.6. The Kier molecular flexibility index (Phi) is 2.25. The number of aromatic nitrogens is 1. The maximum Gasteiger partial charge on any atom is 0.125 e. The monoisotopic (exact) mass is 263 g/mol.